The highest BCUT2D eigenvalue weighted by Gasteiger charge is 2.14. The molecule has 0 heterocycles. The molecular formula is C13H18N2S. The molecule has 1 saturated carbocycles. The number of hydrogen-bond acceptors (Lipinski definition) is 2. The molecule has 0 aliphatic heterocycles. The van der Waals surface area contributed by atoms with Crippen LogP contribution >= 0.6 is 12.2 Å². The van der Waals surface area contributed by atoms with Crippen molar-refractivity contribution in [2.24, 2.45) is 5.73 Å². The molecule has 0 spiro atoms. The average molecular weight is 234 g/mol. The van der Waals surface area contributed by atoms with Gasteiger partial charge in [-0.1, -0.05) is 25.1 Å². The quantitative estimate of drug-likeness (QED) is 0.790. The lowest BCUT2D eigenvalue weighted by Gasteiger charge is -2.15. The molecule has 16 heavy (non-hydrogen) atoms. The maximum Gasteiger partial charge on any atom is 0.104 e. The Hall–Kier alpha value is -1.09. The van der Waals surface area contributed by atoms with E-state index in [9.17, 15) is 0 Å². The van der Waals surface area contributed by atoms with Crippen molar-refractivity contribution in [3.8, 4) is 0 Å². The first-order valence-electron chi connectivity index (χ1n) is 5.84. The van der Waals surface area contributed by atoms with Gasteiger partial charge in [0, 0.05) is 17.3 Å². The highest BCUT2D eigenvalue weighted by molar-refractivity contribution is 7.80. The van der Waals surface area contributed by atoms with Crippen molar-refractivity contribution in [3.63, 3.8) is 0 Å². The van der Waals surface area contributed by atoms with E-state index >= 15 is 0 Å². The SMILES string of the molecule is Cc1cc(NC2CCCC2)ccc1C(N)=S. The van der Waals surface area contributed by atoms with Crippen molar-refractivity contribution in [1.29, 1.82) is 0 Å². The Morgan fingerprint density at radius 3 is 2.62 bits per heavy atom. The lowest BCUT2D eigenvalue weighted by atomic mass is 10.1. The molecule has 3 heteroatoms. The van der Waals surface area contributed by atoms with Crippen molar-refractivity contribution < 1.29 is 0 Å². The lowest BCUT2D eigenvalue weighted by molar-refractivity contribution is 0.755. The summed E-state index contributed by atoms with van der Waals surface area (Å²) in [5.74, 6) is 0. The summed E-state index contributed by atoms with van der Waals surface area (Å²) in [6.07, 6.45) is 5.27. The molecule has 3 N–H and O–H groups in total. The van der Waals surface area contributed by atoms with E-state index in [1.807, 2.05) is 13.0 Å². The minimum Gasteiger partial charge on any atom is -0.389 e. The van der Waals surface area contributed by atoms with Crippen LogP contribution in [0.3, 0.4) is 0 Å². The van der Waals surface area contributed by atoms with Gasteiger partial charge < -0.3 is 11.1 Å². The zero-order chi connectivity index (χ0) is 11.5. The summed E-state index contributed by atoms with van der Waals surface area (Å²) in [6.45, 7) is 2.05. The van der Waals surface area contributed by atoms with Gasteiger partial charge in [-0.05, 0) is 43.5 Å². The van der Waals surface area contributed by atoms with E-state index in [1.165, 1.54) is 31.4 Å². The smallest absolute Gasteiger partial charge is 0.104 e. The summed E-state index contributed by atoms with van der Waals surface area (Å²) in [5.41, 5.74) is 8.95. The molecule has 0 unspecified atom stereocenters. The maximum atomic E-state index is 5.64. The normalized spacial score (nSPS) is 16.3. The van der Waals surface area contributed by atoms with Crippen LogP contribution in [0.5, 0.6) is 0 Å². The third kappa shape index (κ3) is 2.53. The second-order valence-corrected chi connectivity index (χ2v) is 4.96. The number of anilines is 1. The summed E-state index contributed by atoms with van der Waals surface area (Å²) in [4.78, 5) is 0.477. The van der Waals surface area contributed by atoms with E-state index < -0.39 is 0 Å². The first kappa shape index (κ1) is 11.4. The Labute approximate surface area is 102 Å². The topological polar surface area (TPSA) is 38.0 Å². The summed E-state index contributed by atoms with van der Waals surface area (Å²) in [6, 6.07) is 6.86. The molecule has 1 aromatic carbocycles. The van der Waals surface area contributed by atoms with E-state index in [2.05, 4.69) is 17.4 Å². The number of nitrogens with two attached hydrogens (primary N) is 1. The van der Waals surface area contributed by atoms with Crippen molar-refractivity contribution in [2.45, 2.75) is 38.6 Å². The van der Waals surface area contributed by atoms with Crippen LogP contribution in [0.1, 0.15) is 36.8 Å². The molecule has 0 radical (unpaired) electrons. The van der Waals surface area contributed by atoms with Gasteiger partial charge in [0.05, 0.1) is 0 Å². The van der Waals surface area contributed by atoms with Crippen LogP contribution in [0.25, 0.3) is 0 Å². The lowest BCUT2D eigenvalue weighted by Crippen LogP contribution is -2.15. The van der Waals surface area contributed by atoms with Gasteiger partial charge >= 0.3 is 0 Å². The van der Waals surface area contributed by atoms with E-state index in [-0.39, 0.29) is 0 Å². The Bertz CT molecular complexity index is 395. The first-order valence-corrected chi connectivity index (χ1v) is 6.24. The van der Waals surface area contributed by atoms with Crippen LogP contribution in [0.2, 0.25) is 0 Å². The summed E-state index contributed by atoms with van der Waals surface area (Å²) in [7, 11) is 0. The third-order valence-electron chi connectivity index (χ3n) is 3.22. The highest BCUT2D eigenvalue weighted by atomic mass is 32.1. The molecule has 2 rings (SSSR count). The van der Waals surface area contributed by atoms with Crippen LogP contribution in [0, 0.1) is 6.92 Å². The minimum atomic E-state index is 0.477. The number of rotatable bonds is 3. The zero-order valence-electron chi connectivity index (χ0n) is 9.62. The second kappa shape index (κ2) is 4.83. The fourth-order valence-electron chi connectivity index (χ4n) is 2.34. The second-order valence-electron chi connectivity index (χ2n) is 4.52. The monoisotopic (exact) mass is 234 g/mol. The number of nitrogens with one attached hydrogen (secondary N) is 1. The molecule has 0 amide bonds. The van der Waals surface area contributed by atoms with Gasteiger partial charge in [0.25, 0.3) is 0 Å². The van der Waals surface area contributed by atoms with Gasteiger partial charge in [0.2, 0.25) is 0 Å². The van der Waals surface area contributed by atoms with Crippen LogP contribution in [0.15, 0.2) is 18.2 Å². The van der Waals surface area contributed by atoms with E-state index in [0.717, 1.165) is 11.1 Å². The number of hydrogen-bond donors (Lipinski definition) is 2. The Kier molecular flexibility index (Phi) is 3.44. The number of aryl methyl sites for hydroxylation is 1. The molecule has 1 aliphatic carbocycles. The van der Waals surface area contributed by atoms with Crippen LogP contribution in [-0.2, 0) is 0 Å². The van der Waals surface area contributed by atoms with Crippen molar-refractivity contribution in [1.82, 2.24) is 0 Å². The maximum absolute atomic E-state index is 5.64. The first-order chi connectivity index (χ1) is 7.66. The molecule has 0 bridgehead atoms. The van der Waals surface area contributed by atoms with E-state index in [4.69, 9.17) is 18.0 Å². The van der Waals surface area contributed by atoms with Crippen LogP contribution in [0.4, 0.5) is 5.69 Å². The third-order valence-corrected chi connectivity index (χ3v) is 3.44. The van der Waals surface area contributed by atoms with Crippen molar-refractivity contribution >= 4 is 22.9 Å². The fourth-order valence-corrected chi connectivity index (χ4v) is 2.56. The molecule has 0 aromatic heterocycles. The number of benzene rings is 1. The predicted molar refractivity (Wildman–Crippen MR) is 72.9 cm³/mol. The molecule has 0 saturated heterocycles. The predicted octanol–water partition coefficient (Wildman–Crippen LogP) is 2.98. The molecule has 1 aliphatic rings. The average Bonchev–Trinajstić information content (AvgIpc) is 2.70. The van der Waals surface area contributed by atoms with Gasteiger partial charge in [0.1, 0.15) is 4.99 Å². The minimum absolute atomic E-state index is 0.477. The summed E-state index contributed by atoms with van der Waals surface area (Å²) < 4.78 is 0. The molecule has 2 nitrogen and oxygen atoms in total. The molecule has 1 fully saturated rings. The summed E-state index contributed by atoms with van der Waals surface area (Å²) in [5, 5.41) is 3.56. The summed E-state index contributed by atoms with van der Waals surface area (Å²) >= 11 is 4.99. The van der Waals surface area contributed by atoms with Crippen molar-refractivity contribution in [2.75, 3.05) is 5.32 Å². The Morgan fingerprint density at radius 1 is 1.38 bits per heavy atom. The molecule has 1 aromatic rings. The Morgan fingerprint density at radius 2 is 2.06 bits per heavy atom. The molecule has 86 valence electrons. The molecule has 0 atom stereocenters. The standard InChI is InChI=1S/C13H18N2S/c1-9-8-11(6-7-12(9)13(14)16)15-10-4-2-3-5-10/h6-8,10,15H,2-5H2,1H3,(H2,14,16). The fraction of sp³-hybridized carbons (Fsp3) is 0.462. The van der Waals surface area contributed by atoms with Gasteiger partial charge in [-0.2, -0.15) is 0 Å². The van der Waals surface area contributed by atoms with Crippen LogP contribution < -0.4 is 11.1 Å². The zero-order valence-corrected chi connectivity index (χ0v) is 10.4. The molecular weight excluding hydrogens is 216 g/mol. The van der Waals surface area contributed by atoms with E-state index in [0.29, 0.717) is 11.0 Å². The number of thiocarbonyl (C=S) groups is 1. The largest absolute Gasteiger partial charge is 0.389 e. The van der Waals surface area contributed by atoms with Gasteiger partial charge in [-0.25, -0.2) is 0 Å². The van der Waals surface area contributed by atoms with Crippen molar-refractivity contribution in [3.05, 3.63) is 29.3 Å². The van der Waals surface area contributed by atoms with Crippen LogP contribution in [-0.4, -0.2) is 11.0 Å². The van der Waals surface area contributed by atoms with Gasteiger partial charge in [-0.15, -0.1) is 0 Å². The highest BCUT2D eigenvalue weighted by Crippen LogP contribution is 2.23. The Balaban J connectivity index is 2.11. The van der Waals surface area contributed by atoms with Gasteiger partial charge in [-0.3, -0.25) is 0 Å². The van der Waals surface area contributed by atoms with Gasteiger partial charge in [0.15, 0.2) is 0 Å². The van der Waals surface area contributed by atoms with E-state index in [1.54, 1.807) is 0 Å².